The molecule has 0 fully saturated rings. The van der Waals surface area contributed by atoms with E-state index in [0.29, 0.717) is 31.1 Å². The van der Waals surface area contributed by atoms with E-state index in [1.165, 1.54) is 12.1 Å². The molecule has 1 atom stereocenters. The average molecular weight is 488 g/mol. The highest BCUT2D eigenvalue weighted by atomic mass is 19.4. The molecule has 0 amide bonds. The minimum atomic E-state index is -4.44. The van der Waals surface area contributed by atoms with Crippen molar-refractivity contribution in [1.82, 2.24) is 4.90 Å². The number of hydrogen-bond donors (Lipinski definition) is 0. The van der Waals surface area contributed by atoms with E-state index < -0.39 is 11.7 Å². The first-order chi connectivity index (χ1) is 16.7. The summed E-state index contributed by atoms with van der Waals surface area (Å²) in [6, 6.07) is 21.2. The minimum absolute atomic E-state index is 0.0975. The van der Waals surface area contributed by atoms with Gasteiger partial charge in [-0.3, -0.25) is 9.69 Å². The molecular formula is C27H28F3NO4. The number of ether oxygens (including phenoxy) is 3. The SMILES string of the molecule is CCOC(=O)CN(C)CCC(Oc1ccc(Oc2cccc(C(F)(F)F)c2)cc1)c1ccccc1. The maximum Gasteiger partial charge on any atom is 0.416 e. The molecule has 5 nitrogen and oxygen atoms in total. The minimum Gasteiger partial charge on any atom is -0.486 e. The monoisotopic (exact) mass is 487 g/mol. The Hall–Kier alpha value is -3.52. The third-order valence-electron chi connectivity index (χ3n) is 5.15. The topological polar surface area (TPSA) is 48.0 Å². The Morgan fingerprint density at radius 3 is 2.26 bits per heavy atom. The number of carbonyl (C=O) groups is 1. The van der Waals surface area contributed by atoms with Crippen LogP contribution in [0.4, 0.5) is 13.2 Å². The second-order valence-corrected chi connectivity index (χ2v) is 7.95. The fourth-order valence-corrected chi connectivity index (χ4v) is 3.43. The van der Waals surface area contributed by atoms with Gasteiger partial charge in [0.1, 0.15) is 23.4 Å². The summed E-state index contributed by atoms with van der Waals surface area (Å²) in [6.45, 7) is 2.91. The smallest absolute Gasteiger partial charge is 0.416 e. The van der Waals surface area contributed by atoms with Crippen LogP contribution < -0.4 is 9.47 Å². The second kappa shape index (κ2) is 12.3. The van der Waals surface area contributed by atoms with Crippen LogP contribution in [0.1, 0.15) is 30.6 Å². The number of nitrogens with zero attached hydrogens (tertiary/aromatic N) is 1. The van der Waals surface area contributed by atoms with Crippen molar-refractivity contribution in [2.24, 2.45) is 0 Å². The molecule has 1 unspecified atom stereocenters. The van der Waals surface area contributed by atoms with Crippen LogP contribution in [0.25, 0.3) is 0 Å². The van der Waals surface area contributed by atoms with Gasteiger partial charge in [0, 0.05) is 13.0 Å². The number of halogens is 3. The molecule has 0 N–H and O–H groups in total. The largest absolute Gasteiger partial charge is 0.486 e. The lowest BCUT2D eigenvalue weighted by Gasteiger charge is -2.23. The quantitative estimate of drug-likeness (QED) is 0.289. The van der Waals surface area contributed by atoms with Crippen LogP contribution in [0.2, 0.25) is 0 Å². The molecule has 8 heteroatoms. The lowest BCUT2D eigenvalue weighted by Crippen LogP contribution is -2.29. The van der Waals surface area contributed by atoms with Crippen molar-refractivity contribution in [3.8, 4) is 17.2 Å². The van der Waals surface area contributed by atoms with E-state index >= 15 is 0 Å². The Labute approximate surface area is 203 Å². The van der Waals surface area contributed by atoms with Gasteiger partial charge >= 0.3 is 12.1 Å². The molecule has 0 aromatic heterocycles. The number of hydrogen-bond acceptors (Lipinski definition) is 5. The molecule has 0 saturated heterocycles. The number of rotatable bonds is 11. The molecule has 186 valence electrons. The van der Waals surface area contributed by atoms with Crippen LogP contribution in [0.5, 0.6) is 17.2 Å². The molecule has 3 aromatic carbocycles. The molecule has 3 aromatic rings. The van der Waals surface area contributed by atoms with Gasteiger partial charge in [0.05, 0.1) is 18.7 Å². The third-order valence-corrected chi connectivity index (χ3v) is 5.15. The normalized spacial score (nSPS) is 12.3. The third kappa shape index (κ3) is 8.33. The molecular weight excluding hydrogens is 459 g/mol. The van der Waals surface area contributed by atoms with E-state index in [-0.39, 0.29) is 24.4 Å². The molecule has 0 aliphatic rings. The number of benzene rings is 3. The second-order valence-electron chi connectivity index (χ2n) is 7.95. The van der Waals surface area contributed by atoms with E-state index in [4.69, 9.17) is 14.2 Å². The highest BCUT2D eigenvalue weighted by molar-refractivity contribution is 5.71. The first kappa shape index (κ1) is 26.1. The van der Waals surface area contributed by atoms with Gasteiger partial charge in [-0.1, -0.05) is 36.4 Å². The van der Waals surface area contributed by atoms with Gasteiger partial charge in [-0.05, 0) is 62.0 Å². The zero-order valence-corrected chi connectivity index (χ0v) is 19.6. The van der Waals surface area contributed by atoms with Crippen LogP contribution >= 0.6 is 0 Å². The zero-order valence-electron chi connectivity index (χ0n) is 19.6. The van der Waals surface area contributed by atoms with Crippen LogP contribution in [0.15, 0.2) is 78.9 Å². The fourth-order valence-electron chi connectivity index (χ4n) is 3.43. The first-order valence-corrected chi connectivity index (χ1v) is 11.3. The average Bonchev–Trinajstić information content (AvgIpc) is 2.83. The van der Waals surface area contributed by atoms with Crippen molar-refractivity contribution in [2.45, 2.75) is 25.6 Å². The Balaban J connectivity index is 1.65. The van der Waals surface area contributed by atoms with Crippen molar-refractivity contribution >= 4 is 5.97 Å². The Kier molecular flexibility index (Phi) is 9.14. The molecule has 0 saturated carbocycles. The summed E-state index contributed by atoms with van der Waals surface area (Å²) in [6.07, 6.45) is -4.08. The van der Waals surface area contributed by atoms with E-state index in [1.54, 1.807) is 31.2 Å². The highest BCUT2D eigenvalue weighted by Crippen LogP contribution is 2.33. The van der Waals surface area contributed by atoms with E-state index in [2.05, 4.69) is 0 Å². The summed E-state index contributed by atoms with van der Waals surface area (Å²) in [5, 5.41) is 0. The lowest BCUT2D eigenvalue weighted by atomic mass is 10.1. The van der Waals surface area contributed by atoms with Gasteiger partial charge in [-0.25, -0.2) is 0 Å². The number of likely N-dealkylation sites (N-methyl/N-ethyl adjacent to an activating group) is 1. The fraction of sp³-hybridized carbons (Fsp3) is 0.296. The van der Waals surface area contributed by atoms with Crippen LogP contribution in [-0.2, 0) is 15.7 Å². The molecule has 0 aliphatic carbocycles. The van der Waals surface area contributed by atoms with Crippen molar-refractivity contribution < 1.29 is 32.2 Å². The molecule has 0 radical (unpaired) electrons. The van der Waals surface area contributed by atoms with E-state index in [0.717, 1.165) is 17.7 Å². The Morgan fingerprint density at radius 1 is 0.914 bits per heavy atom. The maximum atomic E-state index is 12.9. The highest BCUT2D eigenvalue weighted by Gasteiger charge is 2.30. The summed E-state index contributed by atoms with van der Waals surface area (Å²) in [4.78, 5) is 13.6. The maximum absolute atomic E-state index is 12.9. The first-order valence-electron chi connectivity index (χ1n) is 11.3. The zero-order chi connectivity index (χ0) is 25.3. The van der Waals surface area contributed by atoms with Crippen LogP contribution in [0, 0.1) is 0 Å². The summed E-state index contributed by atoms with van der Waals surface area (Å²) in [5.41, 5.74) is 0.218. The summed E-state index contributed by atoms with van der Waals surface area (Å²) in [5.74, 6) is 0.800. The summed E-state index contributed by atoms with van der Waals surface area (Å²) >= 11 is 0. The van der Waals surface area contributed by atoms with Crippen LogP contribution in [0.3, 0.4) is 0 Å². The van der Waals surface area contributed by atoms with Crippen molar-refractivity contribution in [3.63, 3.8) is 0 Å². The van der Waals surface area contributed by atoms with Gasteiger partial charge in [-0.2, -0.15) is 13.2 Å². The molecule has 0 aliphatic heterocycles. The Bertz CT molecular complexity index is 1070. The van der Waals surface area contributed by atoms with E-state index in [1.807, 2.05) is 42.3 Å². The number of carbonyl (C=O) groups excluding carboxylic acids is 1. The van der Waals surface area contributed by atoms with Crippen molar-refractivity contribution in [2.75, 3.05) is 26.7 Å². The lowest BCUT2D eigenvalue weighted by molar-refractivity contribution is -0.144. The van der Waals surface area contributed by atoms with Gasteiger partial charge in [0.25, 0.3) is 0 Å². The molecule has 35 heavy (non-hydrogen) atoms. The van der Waals surface area contributed by atoms with Crippen molar-refractivity contribution in [3.05, 3.63) is 90.0 Å². The molecule has 0 spiro atoms. The van der Waals surface area contributed by atoms with Gasteiger partial charge in [0.15, 0.2) is 0 Å². The Morgan fingerprint density at radius 2 is 1.60 bits per heavy atom. The molecule has 0 bridgehead atoms. The summed E-state index contributed by atoms with van der Waals surface area (Å²) < 4.78 is 55.6. The number of esters is 1. The molecule has 0 heterocycles. The predicted molar refractivity (Wildman–Crippen MR) is 127 cm³/mol. The van der Waals surface area contributed by atoms with Crippen molar-refractivity contribution in [1.29, 1.82) is 0 Å². The van der Waals surface area contributed by atoms with Gasteiger partial charge in [-0.15, -0.1) is 0 Å². The molecule has 3 rings (SSSR count). The van der Waals surface area contributed by atoms with Gasteiger partial charge < -0.3 is 14.2 Å². The van der Waals surface area contributed by atoms with Gasteiger partial charge in [0.2, 0.25) is 0 Å². The predicted octanol–water partition coefficient (Wildman–Crippen LogP) is 6.50. The standard InChI is InChI=1S/C27H28F3NO4/c1-3-33-26(32)19-31(2)17-16-25(20-8-5-4-6-9-20)35-23-14-12-22(13-15-23)34-24-11-7-10-21(18-24)27(28,29)30/h4-15,18,25H,3,16-17,19H2,1-2H3. The van der Waals surface area contributed by atoms with Crippen LogP contribution in [-0.4, -0.2) is 37.6 Å². The number of alkyl halides is 3. The summed E-state index contributed by atoms with van der Waals surface area (Å²) in [7, 11) is 1.85. The van der Waals surface area contributed by atoms with E-state index in [9.17, 15) is 18.0 Å².